The molecule has 0 saturated carbocycles. The van der Waals surface area contributed by atoms with E-state index in [9.17, 15) is 0 Å². The van der Waals surface area contributed by atoms with E-state index in [1.54, 1.807) is 0 Å². The normalized spacial score (nSPS) is 20.8. The highest BCUT2D eigenvalue weighted by Gasteiger charge is 2.33. The average molecular weight is 222 g/mol. The van der Waals surface area contributed by atoms with Crippen LogP contribution in [0.1, 0.15) is 32.3 Å². The number of fused-ring (bicyclic) bond motifs is 1. The van der Waals surface area contributed by atoms with Gasteiger partial charge in [0.1, 0.15) is 0 Å². The third-order valence-corrected chi connectivity index (χ3v) is 3.02. The van der Waals surface area contributed by atoms with Gasteiger partial charge in [0.2, 0.25) is 5.16 Å². The summed E-state index contributed by atoms with van der Waals surface area (Å²) in [4.78, 5) is 0. The van der Waals surface area contributed by atoms with Crippen LogP contribution in [0.25, 0.3) is 0 Å². The molecule has 2 heteroatoms. The zero-order valence-corrected chi connectivity index (χ0v) is 10.1. The van der Waals surface area contributed by atoms with Gasteiger partial charge in [-0.1, -0.05) is 44.3 Å². The fourth-order valence-corrected chi connectivity index (χ4v) is 2.23. The molecule has 0 saturated heterocycles. The minimum atomic E-state index is 0.193. The summed E-state index contributed by atoms with van der Waals surface area (Å²) in [6, 6.07) is 8.34. The number of benzene rings is 1. The Balaban J connectivity index is 2.50. The predicted molar refractivity (Wildman–Crippen MR) is 63.2 cm³/mol. The summed E-state index contributed by atoms with van der Waals surface area (Å²) in [5.41, 5.74) is 2.65. The molecule has 1 aromatic carbocycles. The Kier molecular flexibility index (Phi) is 2.61. The second-order valence-corrected chi connectivity index (χ2v) is 5.48. The lowest BCUT2D eigenvalue weighted by Gasteiger charge is -2.30. The maximum atomic E-state index is 6.10. The molecule has 1 aromatic rings. The van der Waals surface area contributed by atoms with Gasteiger partial charge in [-0.2, -0.15) is 0 Å². The first-order valence-corrected chi connectivity index (χ1v) is 5.59. The van der Waals surface area contributed by atoms with Crippen LogP contribution in [-0.4, -0.2) is 0 Å². The summed E-state index contributed by atoms with van der Waals surface area (Å²) in [5, 5.41) is 3.92. The summed E-state index contributed by atoms with van der Waals surface area (Å²) < 4.78 is 0. The van der Waals surface area contributed by atoms with Gasteiger partial charge < -0.3 is 0 Å². The van der Waals surface area contributed by atoms with Gasteiger partial charge in [0, 0.05) is 23.6 Å². The third kappa shape index (κ3) is 2.09. The molecule has 0 aromatic heterocycles. The van der Waals surface area contributed by atoms with E-state index in [4.69, 9.17) is 11.6 Å². The lowest BCUT2D eigenvalue weighted by molar-refractivity contribution is -0.509. The summed E-state index contributed by atoms with van der Waals surface area (Å²) in [5.74, 6) is 0.377. The van der Waals surface area contributed by atoms with E-state index in [-0.39, 0.29) is 5.41 Å². The molecule has 1 aliphatic rings. The second kappa shape index (κ2) is 3.66. The minimum absolute atomic E-state index is 0.193. The number of hydrogen-bond acceptors (Lipinski definition) is 1. The average Bonchev–Trinajstić information content (AvgIpc) is 2.15. The van der Waals surface area contributed by atoms with Crippen molar-refractivity contribution in [2.45, 2.75) is 26.7 Å². The molecule has 0 amide bonds. The molecule has 1 atom stereocenters. The molecule has 0 spiro atoms. The van der Waals surface area contributed by atoms with Crippen LogP contribution in [0, 0.1) is 5.41 Å². The largest absolute Gasteiger partial charge is 0.250 e. The quantitative estimate of drug-likeness (QED) is 0.649. The van der Waals surface area contributed by atoms with Crippen molar-refractivity contribution in [2.24, 2.45) is 5.41 Å². The van der Waals surface area contributed by atoms with Crippen LogP contribution in [0.5, 0.6) is 0 Å². The van der Waals surface area contributed by atoms with Crippen molar-refractivity contribution in [3.63, 3.8) is 0 Å². The SMILES string of the molecule is CC(C)(C)C1C=C(Cl)[NH+]c2ccccc21. The van der Waals surface area contributed by atoms with Gasteiger partial charge in [0.15, 0.2) is 5.69 Å². The van der Waals surface area contributed by atoms with Crippen LogP contribution in [0.4, 0.5) is 5.69 Å². The zero-order chi connectivity index (χ0) is 11.1. The molecule has 2 rings (SSSR count). The maximum absolute atomic E-state index is 6.10. The van der Waals surface area contributed by atoms with Crippen LogP contribution in [0.2, 0.25) is 0 Å². The van der Waals surface area contributed by atoms with Gasteiger partial charge >= 0.3 is 0 Å². The Bertz CT molecular complexity index is 401. The van der Waals surface area contributed by atoms with Crippen LogP contribution >= 0.6 is 11.6 Å². The molecular weight excluding hydrogens is 206 g/mol. The summed E-state index contributed by atoms with van der Waals surface area (Å²) >= 11 is 6.10. The number of halogens is 1. The lowest BCUT2D eigenvalue weighted by Crippen LogP contribution is -2.76. The van der Waals surface area contributed by atoms with Gasteiger partial charge in [-0.15, -0.1) is 0 Å². The number of nitrogens with one attached hydrogen (secondary N) is 1. The molecule has 79 valence electrons. The summed E-state index contributed by atoms with van der Waals surface area (Å²) in [6.07, 6.45) is 2.10. The first kappa shape index (κ1) is 10.7. The number of para-hydroxylation sites is 1. The number of hydrogen-bond donors (Lipinski definition) is 1. The molecule has 1 heterocycles. The fraction of sp³-hybridized carbons (Fsp3) is 0.385. The van der Waals surface area contributed by atoms with E-state index in [1.165, 1.54) is 5.56 Å². The Morgan fingerprint density at radius 3 is 2.53 bits per heavy atom. The number of allylic oxidation sites excluding steroid dienone is 1. The molecule has 1 N–H and O–H groups in total. The Hall–Kier alpha value is -0.790. The first-order chi connectivity index (χ1) is 6.98. The zero-order valence-electron chi connectivity index (χ0n) is 9.34. The molecular formula is C13H16ClN+. The van der Waals surface area contributed by atoms with Crippen molar-refractivity contribution in [3.8, 4) is 0 Å². The molecule has 1 radical (unpaired) electrons. The maximum Gasteiger partial charge on any atom is 0.250 e. The van der Waals surface area contributed by atoms with E-state index in [0.717, 1.165) is 10.8 Å². The highest BCUT2D eigenvalue weighted by atomic mass is 35.5. The number of rotatable bonds is 0. The molecule has 1 aliphatic heterocycles. The highest BCUT2D eigenvalue weighted by molar-refractivity contribution is 6.28. The highest BCUT2D eigenvalue weighted by Crippen LogP contribution is 2.40. The topological polar surface area (TPSA) is 15.6 Å². The van der Waals surface area contributed by atoms with Gasteiger partial charge in [0.25, 0.3) is 0 Å². The van der Waals surface area contributed by atoms with Crippen molar-refractivity contribution < 1.29 is 5.32 Å². The predicted octanol–water partition coefficient (Wildman–Crippen LogP) is 2.89. The minimum Gasteiger partial charge on any atom is -0.0997 e. The van der Waals surface area contributed by atoms with E-state index >= 15 is 0 Å². The Morgan fingerprint density at radius 2 is 1.87 bits per heavy atom. The third-order valence-electron chi connectivity index (χ3n) is 2.80. The van der Waals surface area contributed by atoms with Gasteiger partial charge in [-0.25, -0.2) is 0 Å². The molecule has 15 heavy (non-hydrogen) atoms. The number of anilines is 1. The Morgan fingerprint density at radius 1 is 1.20 bits per heavy atom. The van der Waals surface area contributed by atoms with Gasteiger partial charge in [-0.3, -0.25) is 0 Å². The standard InChI is InChI=1S/C13H16ClN/c1-13(2,3)10-8-12(14)15-11-7-5-4-6-9(10)11/h4-8,10,15H,1-3H3/q+1. The van der Waals surface area contributed by atoms with E-state index in [1.807, 2.05) is 6.07 Å². The molecule has 1 nitrogen and oxygen atoms in total. The lowest BCUT2D eigenvalue weighted by atomic mass is 9.75. The Labute approximate surface area is 96.1 Å². The van der Waals surface area contributed by atoms with Gasteiger partial charge in [-0.05, 0) is 17.0 Å². The summed E-state index contributed by atoms with van der Waals surface area (Å²) in [7, 11) is 0. The first-order valence-electron chi connectivity index (χ1n) is 5.22. The monoisotopic (exact) mass is 221 g/mol. The molecule has 0 aliphatic carbocycles. The second-order valence-electron chi connectivity index (χ2n) is 5.07. The van der Waals surface area contributed by atoms with Crippen molar-refractivity contribution in [1.29, 1.82) is 0 Å². The van der Waals surface area contributed by atoms with Crippen molar-refractivity contribution in [1.82, 2.24) is 0 Å². The fourth-order valence-electron chi connectivity index (χ4n) is 2.00. The molecule has 1 unspecified atom stereocenters. The van der Waals surface area contributed by atoms with Crippen LogP contribution in [-0.2, 0) is 0 Å². The van der Waals surface area contributed by atoms with E-state index in [2.05, 4.69) is 50.4 Å². The van der Waals surface area contributed by atoms with Crippen molar-refractivity contribution in [3.05, 3.63) is 41.1 Å². The van der Waals surface area contributed by atoms with Crippen molar-refractivity contribution in [2.75, 3.05) is 0 Å². The molecule has 0 fully saturated rings. The van der Waals surface area contributed by atoms with Crippen LogP contribution in [0.3, 0.4) is 0 Å². The van der Waals surface area contributed by atoms with Gasteiger partial charge in [0.05, 0.1) is 0 Å². The van der Waals surface area contributed by atoms with Crippen LogP contribution < -0.4 is 5.32 Å². The smallest absolute Gasteiger partial charge is 0.0997 e. The molecule has 0 bridgehead atoms. The van der Waals surface area contributed by atoms with Crippen LogP contribution in [0.15, 0.2) is 35.5 Å². The van der Waals surface area contributed by atoms with E-state index < -0.39 is 0 Å². The summed E-state index contributed by atoms with van der Waals surface area (Å²) in [6.45, 7) is 6.71. The van der Waals surface area contributed by atoms with E-state index in [0.29, 0.717) is 5.92 Å². The van der Waals surface area contributed by atoms with Crippen molar-refractivity contribution >= 4 is 17.3 Å².